The Hall–Kier alpha value is -2.37. The van der Waals surface area contributed by atoms with Crippen molar-refractivity contribution in [3.05, 3.63) is 35.4 Å². The number of fused-ring (bicyclic) bond motifs is 1. The van der Waals surface area contributed by atoms with Crippen molar-refractivity contribution in [2.75, 3.05) is 19.6 Å². The van der Waals surface area contributed by atoms with Gasteiger partial charge in [-0.1, -0.05) is 31.2 Å². The van der Waals surface area contributed by atoms with Crippen LogP contribution >= 0.6 is 0 Å². The summed E-state index contributed by atoms with van der Waals surface area (Å²) in [5.74, 6) is -1.36. The first kappa shape index (κ1) is 18.4. The Kier molecular flexibility index (Phi) is 5.59. The molecule has 3 rings (SSSR count). The van der Waals surface area contributed by atoms with Crippen molar-refractivity contribution in [3.8, 4) is 0 Å². The summed E-state index contributed by atoms with van der Waals surface area (Å²) in [6.45, 7) is 3.47. The Morgan fingerprint density at radius 2 is 1.96 bits per heavy atom. The highest BCUT2D eigenvalue weighted by Crippen LogP contribution is 2.32. The lowest BCUT2D eigenvalue weighted by atomic mass is 9.89. The van der Waals surface area contributed by atoms with E-state index in [1.54, 1.807) is 11.0 Å². The Morgan fingerprint density at radius 1 is 1.19 bits per heavy atom. The fourth-order valence-electron chi connectivity index (χ4n) is 4.08. The van der Waals surface area contributed by atoms with E-state index >= 15 is 0 Å². The van der Waals surface area contributed by atoms with Gasteiger partial charge in [-0.05, 0) is 36.8 Å². The van der Waals surface area contributed by atoms with Crippen molar-refractivity contribution in [3.63, 3.8) is 0 Å². The number of carbonyl (C=O) groups is 3. The van der Waals surface area contributed by atoms with Crippen molar-refractivity contribution >= 4 is 17.8 Å². The minimum Gasteiger partial charge on any atom is -0.479 e. The van der Waals surface area contributed by atoms with Gasteiger partial charge >= 0.3 is 5.97 Å². The number of benzene rings is 1. The van der Waals surface area contributed by atoms with E-state index in [1.165, 1.54) is 4.90 Å². The summed E-state index contributed by atoms with van der Waals surface area (Å²) < 4.78 is 0. The number of rotatable bonds is 4. The molecule has 0 saturated carbocycles. The fraction of sp³-hybridized carbons (Fsp3) is 0.550. The number of piperidine rings is 1. The van der Waals surface area contributed by atoms with Crippen LogP contribution in [0.2, 0.25) is 0 Å². The molecular weight excluding hydrogens is 332 g/mol. The minimum atomic E-state index is -1.000. The molecule has 2 aliphatic heterocycles. The molecule has 1 aromatic rings. The standard InChI is InChI=1S/C20H26N2O4/c1-2-6-17(23)21-11-5-8-15(13-21)19(24)22-12-10-14-7-3-4-9-16(14)18(22)20(25)26/h3-4,7,9,15,18H,2,5-6,8,10-13H2,1H3,(H,25,26). The number of nitrogens with zero attached hydrogens (tertiary/aromatic N) is 2. The highest BCUT2D eigenvalue weighted by molar-refractivity contribution is 5.87. The molecule has 2 atom stereocenters. The van der Waals surface area contributed by atoms with Crippen LogP contribution in [0.5, 0.6) is 0 Å². The van der Waals surface area contributed by atoms with Crippen LogP contribution in [-0.2, 0) is 20.8 Å². The van der Waals surface area contributed by atoms with E-state index in [0.717, 1.165) is 18.4 Å². The Morgan fingerprint density at radius 3 is 2.69 bits per heavy atom. The lowest BCUT2D eigenvalue weighted by Crippen LogP contribution is -2.50. The molecule has 140 valence electrons. The Bertz CT molecular complexity index is 703. The number of hydrogen-bond donors (Lipinski definition) is 1. The van der Waals surface area contributed by atoms with Crippen LogP contribution in [0.15, 0.2) is 24.3 Å². The van der Waals surface area contributed by atoms with Crippen LogP contribution in [-0.4, -0.2) is 52.3 Å². The molecule has 2 heterocycles. The highest BCUT2D eigenvalue weighted by Gasteiger charge is 2.39. The first-order valence-corrected chi connectivity index (χ1v) is 9.41. The molecule has 1 saturated heterocycles. The molecule has 2 unspecified atom stereocenters. The second-order valence-electron chi connectivity index (χ2n) is 7.15. The maximum Gasteiger partial charge on any atom is 0.331 e. The average molecular weight is 358 g/mol. The first-order chi connectivity index (χ1) is 12.5. The summed E-state index contributed by atoms with van der Waals surface area (Å²) >= 11 is 0. The molecule has 6 nitrogen and oxygen atoms in total. The van der Waals surface area contributed by atoms with Crippen molar-refractivity contribution in [2.24, 2.45) is 5.92 Å². The van der Waals surface area contributed by atoms with Gasteiger partial charge in [-0.3, -0.25) is 9.59 Å². The topological polar surface area (TPSA) is 77.9 Å². The third-order valence-corrected chi connectivity index (χ3v) is 5.39. The van der Waals surface area contributed by atoms with E-state index in [9.17, 15) is 19.5 Å². The predicted molar refractivity (Wildman–Crippen MR) is 96.4 cm³/mol. The zero-order chi connectivity index (χ0) is 18.7. The van der Waals surface area contributed by atoms with Gasteiger partial charge in [0.05, 0.1) is 5.92 Å². The summed E-state index contributed by atoms with van der Waals surface area (Å²) in [5.41, 5.74) is 1.70. The molecule has 26 heavy (non-hydrogen) atoms. The van der Waals surface area contributed by atoms with Crippen LogP contribution in [0.1, 0.15) is 49.8 Å². The van der Waals surface area contributed by atoms with Crippen molar-refractivity contribution < 1.29 is 19.5 Å². The molecule has 0 spiro atoms. The molecule has 2 amide bonds. The summed E-state index contributed by atoms with van der Waals surface area (Å²) in [7, 11) is 0. The number of amides is 2. The zero-order valence-corrected chi connectivity index (χ0v) is 15.2. The third-order valence-electron chi connectivity index (χ3n) is 5.39. The largest absolute Gasteiger partial charge is 0.479 e. The maximum absolute atomic E-state index is 13.1. The first-order valence-electron chi connectivity index (χ1n) is 9.41. The summed E-state index contributed by atoms with van der Waals surface area (Å²) in [6.07, 6.45) is 3.44. The van der Waals surface area contributed by atoms with Crippen LogP contribution in [0, 0.1) is 5.92 Å². The van der Waals surface area contributed by atoms with E-state index in [1.807, 2.05) is 25.1 Å². The van der Waals surface area contributed by atoms with Gasteiger partial charge in [-0.25, -0.2) is 4.79 Å². The third kappa shape index (κ3) is 3.59. The second-order valence-corrected chi connectivity index (χ2v) is 7.15. The monoisotopic (exact) mass is 358 g/mol. The molecule has 6 heteroatoms. The van der Waals surface area contributed by atoms with E-state index in [4.69, 9.17) is 0 Å². The van der Waals surface area contributed by atoms with E-state index < -0.39 is 12.0 Å². The SMILES string of the molecule is CCCC(=O)N1CCCC(C(=O)N2CCc3ccccc3C2C(=O)O)C1. The van der Waals surface area contributed by atoms with Crippen LogP contribution < -0.4 is 0 Å². The van der Waals surface area contributed by atoms with Gasteiger partial charge in [0.1, 0.15) is 0 Å². The quantitative estimate of drug-likeness (QED) is 0.895. The Labute approximate surface area is 153 Å². The second kappa shape index (κ2) is 7.89. The van der Waals surface area contributed by atoms with Gasteiger partial charge in [0.2, 0.25) is 11.8 Å². The van der Waals surface area contributed by atoms with Crippen LogP contribution in [0.25, 0.3) is 0 Å². The number of likely N-dealkylation sites (tertiary alicyclic amines) is 1. The highest BCUT2D eigenvalue weighted by atomic mass is 16.4. The van der Waals surface area contributed by atoms with Crippen molar-refractivity contribution in [2.45, 2.75) is 45.1 Å². The van der Waals surface area contributed by atoms with Gasteiger partial charge in [0.15, 0.2) is 6.04 Å². The normalized spacial score (nSPS) is 22.7. The van der Waals surface area contributed by atoms with Crippen molar-refractivity contribution in [1.29, 1.82) is 0 Å². The molecule has 2 aliphatic rings. The molecule has 0 aliphatic carbocycles. The fourth-order valence-corrected chi connectivity index (χ4v) is 4.08. The molecule has 1 fully saturated rings. The van der Waals surface area contributed by atoms with Gasteiger partial charge in [0, 0.05) is 26.1 Å². The number of hydrogen-bond acceptors (Lipinski definition) is 3. The Balaban J connectivity index is 1.78. The number of carboxylic acid groups (broad SMARTS) is 1. The summed E-state index contributed by atoms with van der Waals surface area (Å²) in [5, 5.41) is 9.75. The molecule has 1 aromatic carbocycles. The summed E-state index contributed by atoms with van der Waals surface area (Å²) in [6, 6.07) is 6.50. The molecule has 0 radical (unpaired) electrons. The van der Waals surface area contributed by atoms with Crippen molar-refractivity contribution in [1.82, 2.24) is 9.80 Å². The number of aliphatic carboxylic acids is 1. The average Bonchev–Trinajstić information content (AvgIpc) is 2.66. The van der Waals surface area contributed by atoms with Crippen LogP contribution in [0.3, 0.4) is 0 Å². The van der Waals surface area contributed by atoms with Gasteiger partial charge in [-0.2, -0.15) is 0 Å². The molecule has 1 N–H and O–H groups in total. The van der Waals surface area contributed by atoms with E-state index in [2.05, 4.69) is 0 Å². The lowest BCUT2D eigenvalue weighted by molar-refractivity contribution is -0.154. The predicted octanol–water partition coefficient (Wildman–Crippen LogP) is 2.24. The van der Waals surface area contributed by atoms with Crippen LogP contribution in [0.4, 0.5) is 0 Å². The van der Waals surface area contributed by atoms with E-state index in [-0.39, 0.29) is 17.7 Å². The van der Waals surface area contributed by atoms with Gasteiger partial charge in [-0.15, -0.1) is 0 Å². The van der Waals surface area contributed by atoms with Gasteiger partial charge < -0.3 is 14.9 Å². The number of carboxylic acids is 1. The lowest BCUT2D eigenvalue weighted by Gasteiger charge is -2.39. The maximum atomic E-state index is 13.1. The molecule has 0 aromatic heterocycles. The number of carbonyl (C=O) groups excluding carboxylic acids is 2. The van der Waals surface area contributed by atoms with E-state index in [0.29, 0.717) is 44.5 Å². The zero-order valence-electron chi connectivity index (χ0n) is 15.2. The minimum absolute atomic E-state index is 0.0868. The smallest absolute Gasteiger partial charge is 0.331 e. The summed E-state index contributed by atoms with van der Waals surface area (Å²) in [4.78, 5) is 40.5. The molecular formula is C20H26N2O4. The van der Waals surface area contributed by atoms with Gasteiger partial charge in [0.25, 0.3) is 0 Å². The molecule has 0 bridgehead atoms.